The van der Waals surface area contributed by atoms with Gasteiger partial charge in [0, 0.05) is 24.7 Å². The Labute approximate surface area is 143 Å². The normalized spacial score (nSPS) is 10.1. The number of anilines is 1. The quantitative estimate of drug-likeness (QED) is 0.482. The van der Waals surface area contributed by atoms with Gasteiger partial charge >= 0.3 is 0 Å². The van der Waals surface area contributed by atoms with Gasteiger partial charge in [-0.15, -0.1) is 0 Å². The SMILES string of the molecule is CN(C)CC#Cc1nccc(NCCCC(=O)c2ccccc2)n1. The van der Waals surface area contributed by atoms with Gasteiger partial charge < -0.3 is 5.32 Å². The maximum absolute atomic E-state index is 12.0. The molecule has 2 rings (SSSR count). The number of benzene rings is 1. The lowest BCUT2D eigenvalue weighted by atomic mass is 10.1. The molecule has 1 heterocycles. The zero-order valence-corrected chi connectivity index (χ0v) is 14.1. The van der Waals surface area contributed by atoms with Crippen molar-refractivity contribution in [2.45, 2.75) is 12.8 Å². The zero-order valence-electron chi connectivity index (χ0n) is 14.1. The average Bonchev–Trinajstić information content (AvgIpc) is 2.59. The van der Waals surface area contributed by atoms with Crippen molar-refractivity contribution in [1.82, 2.24) is 14.9 Å². The van der Waals surface area contributed by atoms with E-state index in [0.717, 1.165) is 17.8 Å². The summed E-state index contributed by atoms with van der Waals surface area (Å²) in [6.07, 6.45) is 2.95. The van der Waals surface area contributed by atoms with Crippen LogP contribution >= 0.6 is 0 Å². The summed E-state index contributed by atoms with van der Waals surface area (Å²) < 4.78 is 0. The lowest BCUT2D eigenvalue weighted by Gasteiger charge is -2.05. The minimum absolute atomic E-state index is 0.162. The molecule has 1 N–H and O–H groups in total. The summed E-state index contributed by atoms with van der Waals surface area (Å²) >= 11 is 0. The van der Waals surface area contributed by atoms with Gasteiger partial charge in [-0.3, -0.25) is 9.69 Å². The molecule has 0 fully saturated rings. The maximum Gasteiger partial charge on any atom is 0.206 e. The molecule has 0 amide bonds. The van der Waals surface area contributed by atoms with Crippen LogP contribution in [-0.4, -0.2) is 47.8 Å². The van der Waals surface area contributed by atoms with Crippen molar-refractivity contribution in [3.63, 3.8) is 0 Å². The molecule has 0 radical (unpaired) electrons. The van der Waals surface area contributed by atoms with E-state index in [4.69, 9.17) is 0 Å². The second kappa shape index (κ2) is 9.43. The van der Waals surface area contributed by atoms with Gasteiger partial charge in [0.2, 0.25) is 5.82 Å². The van der Waals surface area contributed by atoms with Crippen molar-refractivity contribution >= 4 is 11.6 Å². The van der Waals surface area contributed by atoms with Crippen LogP contribution in [0, 0.1) is 11.8 Å². The van der Waals surface area contributed by atoms with Crippen LogP contribution in [0.4, 0.5) is 5.82 Å². The first-order valence-corrected chi connectivity index (χ1v) is 7.94. The molecule has 5 heteroatoms. The highest BCUT2D eigenvalue weighted by atomic mass is 16.1. The van der Waals surface area contributed by atoms with Gasteiger partial charge in [-0.05, 0) is 32.5 Å². The van der Waals surface area contributed by atoms with Crippen LogP contribution in [0.3, 0.4) is 0 Å². The molecule has 1 aromatic carbocycles. The smallest absolute Gasteiger partial charge is 0.206 e. The Bertz CT molecular complexity index is 717. The molecular formula is C19H22N4O. The van der Waals surface area contributed by atoms with E-state index in [1.165, 1.54) is 0 Å². The largest absolute Gasteiger partial charge is 0.370 e. The number of carbonyl (C=O) groups excluding carboxylic acids is 1. The molecule has 124 valence electrons. The predicted octanol–water partition coefficient (Wildman–Crippen LogP) is 2.46. The molecule has 0 aliphatic rings. The van der Waals surface area contributed by atoms with Crippen LogP contribution in [0.15, 0.2) is 42.6 Å². The van der Waals surface area contributed by atoms with E-state index < -0.39 is 0 Å². The molecule has 0 aliphatic heterocycles. The maximum atomic E-state index is 12.0. The van der Waals surface area contributed by atoms with E-state index in [1.54, 1.807) is 12.3 Å². The molecule has 0 saturated carbocycles. The highest BCUT2D eigenvalue weighted by molar-refractivity contribution is 5.95. The van der Waals surface area contributed by atoms with E-state index in [-0.39, 0.29) is 5.78 Å². The van der Waals surface area contributed by atoms with E-state index in [2.05, 4.69) is 27.1 Å². The Balaban J connectivity index is 1.78. The number of hydrogen-bond donors (Lipinski definition) is 1. The van der Waals surface area contributed by atoms with Crippen LogP contribution in [0.5, 0.6) is 0 Å². The number of hydrogen-bond acceptors (Lipinski definition) is 5. The van der Waals surface area contributed by atoms with Crippen molar-refractivity contribution in [2.24, 2.45) is 0 Å². The Kier molecular flexibility index (Phi) is 6.93. The van der Waals surface area contributed by atoms with Gasteiger partial charge in [-0.2, -0.15) is 0 Å². The third kappa shape index (κ3) is 6.19. The van der Waals surface area contributed by atoms with Crippen LogP contribution in [0.2, 0.25) is 0 Å². The summed E-state index contributed by atoms with van der Waals surface area (Å²) in [5, 5.41) is 3.21. The van der Waals surface area contributed by atoms with Crippen molar-refractivity contribution in [1.29, 1.82) is 0 Å². The Morgan fingerprint density at radius 3 is 2.75 bits per heavy atom. The Morgan fingerprint density at radius 2 is 2.00 bits per heavy atom. The Hall–Kier alpha value is -2.71. The third-order valence-electron chi connectivity index (χ3n) is 3.23. The number of carbonyl (C=O) groups is 1. The lowest BCUT2D eigenvalue weighted by Crippen LogP contribution is -2.11. The van der Waals surface area contributed by atoms with Gasteiger partial charge in [-0.25, -0.2) is 9.97 Å². The molecule has 1 aromatic heterocycles. The number of aromatic nitrogens is 2. The van der Waals surface area contributed by atoms with Gasteiger partial charge in [0.25, 0.3) is 0 Å². The molecule has 0 spiro atoms. The molecule has 0 bridgehead atoms. The first-order valence-electron chi connectivity index (χ1n) is 7.94. The minimum Gasteiger partial charge on any atom is -0.370 e. The molecule has 24 heavy (non-hydrogen) atoms. The van der Waals surface area contributed by atoms with Crippen molar-refractivity contribution in [3.05, 3.63) is 54.0 Å². The summed E-state index contributed by atoms with van der Waals surface area (Å²) in [4.78, 5) is 22.5. The van der Waals surface area contributed by atoms with Gasteiger partial charge in [-0.1, -0.05) is 36.3 Å². The fourth-order valence-electron chi connectivity index (χ4n) is 2.03. The summed E-state index contributed by atoms with van der Waals surface area (Å²) in [5.74, 6) is 7.34. The van der Waals surface area contributed by atoms with Gasteiger partial charge in [0.05, 0.1) is 6.54 Å². The summed E-state index contributed by atoms with van der Waals surface area (Å²) in [5.41, 5.74) is 0.762. The zero-order chi connectivity index (χ0) is 17.2. The van der Waals surface area contributed by atoms with Gasteiger partial charge in [0.15, 0.2) is 5.78 Å². The average molecular weight is 322 g/mol. The highest BCUT2D eigenvalue weighted by Crippen LogP contribution is 2.06. The first kappa shape index (κ1) is 17.6. The van der Waals surface area contributed by atoms with Crippen molar-refractivity contribution in [2.75, 3.05) is 32.5 Å². The second-order valence-corrected chi connectivity index (χ2v) is 5.62. The lowest BCUT2D eigenvalue weighted by molar-refractivity contribution is 0.0981. The summed E-state index contributed by atoms with van der Waals surface area (Å²) in [6, 6.07) is 11.2. The summed E-state index contributed by atoms with van der Waals surface area (Å²) in [6.45, 7) is 1.35. The monoisotopic (exact) mass is 322 g/mol. The van der Waals surface area contributed by atoms with Crippen molar-refractivity contribution in [3.8, 4) is 11.8 Å². The summed E-state index contributed by atoms with van der Waals surface area (Å²) in [7, 11) is 3.93. The van der Waals surface area contributed by atoms with E-state index in [9.17, 15) is 4.79 Å². The van der Waals surface area contributed by atoms with Crippen LogP contribution in [0.1, 0.15) is 29.0 Å². The molecule has 0 atom stereocenters. The molecular weight excluding hydrogens is 300 g/mol. The van der Waals surface area contributed by atoms with Crippen LogP contribution in [0.25, 0.3) is 0 Å². The molecule has 5 nitrogen and oxygen atoms in total. The van der Waals surface area contributed by atoms with E-state index in [1.807, 2.05) is 49.3 Å². The van der Waals surface area contributed by atoms with E-state index >= 15 is 0 Å². The predicted molar refractivity (Wildman–Crippen MR) is 96.0 cm³/mol. The second-order valence-electron chi connectivity index (χ2n) is 5.62. The highest BCUT2D eigenvalue weighted by Gasteiger charge is 2.04. The number of ketones is 1. The molecule has 0 aliphatic carbocycles. The van der Waals surface area contributed by atoms with Crippen LogP contribution in [-0.2, 0) is 0 Å². The molecule has 2 aromatic rings. The number of Topliss-reactive ketones (excluding diaryl/α,β-unsaturated/α-hetero) is 1. The first-order chi connectivity index (χ1) is 11.6. The standard InChI is InChI=1S/C19H22N4O/c1-23(2)15-7-11-18-21-14-12-19(22-18)20-13-6-10-17(24)16-8-4-3-5-9-16/h3-5,8-9,12,14H,6,10,13,15H2,1-2H3,(H,20,21,22). The topological polar surface area (TPSA) is 58.1 Å². The third-order valence-corrected chi connectivity index (χ3v) is 3.23. The van der Waals surface area contributed by atoms with E-state index in [0.29, 0.717) is 25.3 Å². The Morgan fingerprint density at radius 1 is 1.21 bits per heavy atom. The molecule has 0 unspecified atom stereocenters. The fraction of sp³-hybridized carbons (Fsp3) is 0.316. The number of nitrogens with one attached hydrogen (secondary N) is 1. The van der Waals surface area contributed by atoms with Gasteiger partial charge in [0.1, 0.15) is 5.82 Å². The minimum atomic E-state index is 0.162. The number of rotatable bonds is 7. The number of nitrogens with zero attached hydrogens (tertiary/aromatic N) is 3. The fourth-order valence-corrected chi connectivity index (χ4v) is 2.03. The molecule has 0 saturated heterocycles. The van der Waals surface area contributed by atoms with Crippen LogP contribution < -0.4 is 5.32 Å². The van der Waals surface area contributed by atoms with Crippen molar-refractivity contribution < 1.29 is 4.79 Å².